The van der Waals surface area contributed by atoms with E-state index in [0.29, 0.717) is 10.4 Å². The van der Waals surface area contributed by atoms with Gasteiger partial charge >= 0.3 is 0 Å². The van der Waals surface area contributed by atoms with E-state index < -0.39 is 6.43 Å². The maximum atomic E-state index is 12.0. The summed E-state index contributed by atoms with van der Waals surface area (Å²) in [5.74, 6) is 0. The number of nitriles is 1. The van der Waals surface area contributed by atoms with Crippen LogP contribution in [0.4, 0.5) is 8.78 Å². The maximum Gasteiger partial charge on any atom is 0.272 e. The van der Waals surface area contributed by atoms with Crippen molar-refractivity contribution < 1.29 is 8.78 Å². The first-order chi connectivity index (χ1) is 5.15. The summed E-state index contributed by atoms with van der Waals surface area (Å²) in [6.45, 7) is 1.65. The smallest absolute Gasteiger partial charge is 0.204 e. The van der Waals surface area contributed by atoms with Crippen LogP contribution in [0.2, 0.25) is 0 Å². The van der Waals surface area contributed by atoms with Gasteiger partial charge in [0.15, 0.2) is 0 Å². The minimum atomic E-state index is -2.46. The van der Waals surface area contributed by atoms with E-state index in [1.54, 1.807) is 6.92 Å². The second-order valence-corrected chi connectivity index (χ2v) is 3.16. The number of nitrogens with zero attached hydrogens (tertiary/aromatic N) is 1. The molecule has 0 unspecified atom stereocenters. The Morgan fingerprint density at radius 1 is 1.64 bits per heavy atom. The summed E-state index contributed by atoms with van der Waals surface area (Å²) in [6.07, 6.45) is -2.46. The molecule has 1 heterocycles. The second-order valence-electron chi connectivity index (χ2n) is 2.07. The van der Waals surface area contributed by atoms with Crippen molar-refractivity contribution in [3.05, 3.63) is 21.4 Å². The molecule has 0 atom stereocenters. The Kier molecular flexibility index (Phi) is 2.20. The largest absolute Gasteiger partial charge is 0.272 e. The molecule has 1 nitrogen and oxygen atoms in total. The molecule has 0 aromatic carbocycles. The van der Waals surface area contributed by atoms with Crippen molar-refractivity contribution in [2.75, 3.05) is 0 Å². The van der Waals surface area contributed by atoms with Gasteiger partial charge in [-0.1, -0.05) is 0 Å². The summed E-state index contributed by atoms with van der Waals surface area (Å²) in [5, 5.41) is 8.43. The van der Waals surface area contributed by atoms with Gasteiger partial charge in [-0.2, -0.15) is 5.26 Å². The fourth-order valence-electron chi connectivity index (χ4n) is 0.725. The molecule has 58 valence electrons. The average molecular weight is 173 g/mol. The molecule has 0 radical (unpaired) electrons. The van der Waals surface area contributed by atoms with E-state index in [2.05, 4.69) is 0 Å². The van der Waals surface area contributed by atoms with Gasteiger partial charge in [0.05, 0.1) is 4.88 Å². The molecule has 0 N–H and O–H groups in total. The van der Waals surface area contributed by atoms with Gasteiger partial charge in [-0.05, 0) is 18.6 Å². The first-order valence-electron chi connectivity index (χ1n) is 2.93. The number of thiophene rings is 1. The minimum Gasteiger partial charge on any atom is -0.204 e. The zero-order valence-electron chi connectivity index (χ0n) is 5.77. The fourth-order valence-corrected chi connectivity index (χ4v) is 1.55. The van der Waals surface area contributed by atoms with E-state index in [0.717, 1.165) is 11.3 Å². The normalized spacial score (nSPS) is 10.1. The van der Waals surface area contributed by atoms with Gasteiger partial charge < -0.3 is 0 Å². The molecule has 0 saturated heterocycles. The SMILES string of the molecule is Cc1cc(C(F)F)sc1C#N. The van der Waals surface area contributed by atoms with Gasteiger partial charge in [-0.3, -0.25) is 0 Å². The van der Waals surface area contributed by atoms with Crippen molar-refractivity contribution in [2.45, 2.75) is 13.3 Å². The van der Waals surface area contributed by atoms with Crippen LogP contribution >= 0.6 is 11.3 Å². The number of hydrogen-bond acceptors (Lipinski definition) is 2. The van der Waals surface area contributed by atoms with E-state index in [1.165, 1.54) is 6.07 Å². The van der Waals surface area contributed by atoms with Crippen LogP contribution < -0.4 is 0 Å². The molecule has 0 amide bonds. The average Bonchev–Trinajstić information content (AvgIpc) is 2.31. The number of alkyl halides is 2. The highest BCUT2D eigenvalue weighted by atomic mass is 32.1. The molecule has 1 aromatic rings. The number of halogens is 2. The van der Waals surface area contributed by atoms with Crippen molar-refractivity contribution in [1.82, 2.24) is 0 Å². The molecule has 0 aliphatic heterocycles. The zero-order chi connectivity index (χ0) is 8.43. The first-order valence-corrected chi connectivity index (χ1v) is 3.75. The summed E-state index contributed by atoms with van der Waals surface area (Å²) in [7, 11) is 0. The van der Waals surface area contributed by atoms with Crippen LogP contribution in [-0.2, 0) is 0 Å². The van der Waals surface area contributed by atoms with Crippen molar-refractivity contribution in [1.29, 1.82) is 5.26 Å². The molecule has 11 heavy (non-hydrogen) atoms. The van der Waals surface area contributed by atoms with Crippen LogP contribution in [0.3, 0.4) is 0 Å². The van der Waals surface area contributed by atoms with Crippen molar-refractivity contribution in [3.63, 3.8) is 0 Å². The molecule has 0 aliphatic carbocycles. The topological polar surface area (TPSA) is 23.8 Å². The lowest BCUT2D eigenvalue weighted by Gasteiger charge is -1.87. The molecule has 1 aromatic heterocycles. The predicted molar refractivity (Wildman–Crippen MR) is 38.7 cm³/mol. The summed E-state index contributed by atoms with van der Waals surface area (Å²) in [6, 6.07) is 3.21. The number of hydrogen-bond donors (Lipinski definition) is 0. The van der Waals surface area contributed by atoms with Gasteiger partial charge in [0.25, 0.3) is 6.43 Å². The number of aryl methyl sites for hydroxylation is 1. The molecule has 0 bridgehead atoms. The lowest BCUT2D eigenvalue weighted by molar-refractivity contribution is 0.155. The molecular weight excluding hydrogens is 168 g/mol. The Morgan fingerprint density at radius 2 is 2.27 bits per heavy atom. The highest BCUT2D eigenvalue weighted by Crippen LogP contribution is 2.29. The van der Waals surface area contributed by atoms with Gasteiger partial charge in [0.1, 0.15) is 10.9 Å². The fraction of sp³-hybridized carbons (Fsp3) is 0.286. The standard InChI is InChI=1S/C7H5F2NS/c1-4-2-5(7(8)9)11-6(4)3-10/h2,7H,1H3. The highest BCUT2D eigenvalue weighted by Gasteiger charge is 2.12. The van der Waals surface area contributed by atoms with E-state index in [4.69, 9.17) is 5.26 Å². The molecule has 1 rings (SSSR count). The Morgan fingerprint density at radius 3 is 2.55 bits per heavy atom. The predicted octanol–water partition coefficient (Wildman–Crippen LogP) is 2.87. The monoisotopic (exact) mass is 173 g/mol. The molecule has 0 saturated carbocycles. The van der Waals surface area contributed by atoms with Gasteiger partial charge in [-0.15, -0.1) is 11.3 Å². The van der Waals surface area contributed by atoms with Crippen molar-refractivity contribution >= 4 is 11.3 Å². The lowest BCUT2D eigenvalue weighted by atomic mass is 10.3. The van der Waals surface area contributed by atoms with Crippen molar-refractivity contribution in [3.8, 4) is 6.07 Å². The van der Waals surface area contributed by atoms with E-state index >= 15 is 0 Å². The van der Waals surface area contributed by atoms with E-state index in [-0.39, 0.29) is 4.88 Å². The lowest BCUT2D eigenvalue weighted by Crippen LogP contribution is -1.73. The summed E-state index contributed by atoms with van der Waals surface area (Å²) >= 11 is 0.856. The molecule has 0 fully saturated rings. The Hall–Kier alpha value is -0.950. The molecule has 0 aliphatic rings. The third-order valence-electron chi connectivity index (χ3n) is 1.25. The molecule has 4 heteroatoms. The van der Waals surface area contributed by atoms with Gasteiger partial charge in [0, 0.05) is 0 Å². The van der Waals surface area contributed by atoms with Crippen LogP contribution in [0.15, 0.2) is 6.07 Å². The molecule has 0 spiro atoms. The highest BCUT2D eigenvalue weighted by molar-refractivity contribution is 7.12. The van der Waals surface area contributed by atoms with E-state index in [1.807, 2.05) is 6.07 Å². The zero-order valence-corrected chi connectivity index (χ0v) is 6.58. The molecular formula is C7H5F2NS. The number of rotatable bonds is 1. The van der Waals surface area contributed by atoms with Gasteiger partial charge in [-0.25, -0.2) is 8.78 Å². The quantitative estimate of drug-likeness (QED) is 0.640. The summed E-state index contributed by atoms with van der Waals surface area (Å²) < 4.78 is 24.0. The van der Waals surface area contributed by atoms with Crippen LogP contribution in [0, 0.1) is 18.3 Å². The Balaban J connectivity index is 3.07. The van der Waals surface area contributed by atoms with Crippen LogP contribution in [0.1, 0.15) is 21.7 Å². The Labute approximate surface area is 66.9 Å². The minimum absolute atomic E-state index is 0.0287. The Bertz CT molecular complexity index is 298. The third kappa shape index (κ3) is 1.55. The van der Waals surface area contributed by atoms with Crippen LogP contribution in [0.25, 0.3) is 0 Å². The van der Waals surface area contributed by atoms with E-state index in [9.17, 15) is 8.78 Å². The van der Waals surface area contributed by atoms with Crippen LogP contribution in [-0.4, -0.2) is 0 Å². The second kappa shape index (κ2) is 2.97. The third-order valence-corrected chi connectivity index (χ3v) is 2.40. The van der Waals surface area contributed by atoms with Crippen LogP contribution in [0.5, 0.6) is 0 Å². The van der Waals surface area contributed by atoms with Gasteiger partial charge in [0.2, 0.25) is 0 Å². The maximum absolute atomic E-state index is 12.0. The summed E-state index contributed by atoms with van der Waals surface area (Å²) in [5.41, 5.74) is 0.632. The summed E-state index contributed by atoms with van der Waals surface area (Å²) in [4.78, 5) is 0.347. The van der Waals surface area contributed by atoms with Crippen molar-refractivity contribution in [2.24, 2.45) is 0 Å². The first kappa shape index (κ1) is 8.15.